The van der Waals surface area contributed by atoms with Crippen LogP contribution in [-0.4, -0.2) is 0 Å². The molecule has 19 heavy (non-hydrogen) atoms. The van der Waals surface area contributed by atoms with E-state index in [1.165, 1.54) is 0 Å². The van der Waals surface area contributed by atoms with Crippen LogP contribution in [0.1, 0.15) is 0 Å². The fourth-order valence-corrected chi connectivity index (χ4v) is 2.67. The molecule has 0 aromatic heterocycles. The van der Waals surface area contributed by atoms with Crippen molar-refractivity contribution in [2.24, 2.45) is 0 Å². The van der Waals surface area contributed by atoms with E-state index in [0.717, 1.165) is 24.3 Å². The molecule has 100 valence electrons. The van der Waals surface area contributed by atoms with Crippen LogP contribution in [-0.2, 0) is 0 Å². The van der Waals surface area contributed by atoms with Gasteiger partial charge in [0.2, 0.25) is 0 Å². The second kappa shape index (κ2) is 5.61. The van der Waals surface area contributed by atoms with E-state index < -0.39 is 33.1 Å². The van der Waals surface area contributed by atoms with Crippen molar-refractivity contribution in [2.45, 2.75) is 9.79 Å². The Morgan fingerprint density at radius 3 is 1.42 bits per heavy atom. The minimum Gasteiger partial charge on any atom is -0.206 e. The summed E-state index contributed by atoms with van der Waals surface area (Å²) < 4.78 is 54.2. The molecule has 2 aromatic rings. The molecule has 0 N–H and O–H groups in total. The Morgan fingerprint density at radius 1 is 0.684 bits per heavy atom. The first-order chi connectivity index (χ1) is 8.91. The third-order valence-electron chi connectivity index (χ3n) is 2.21. The summed E-state index contributed by atoms with van der Waals surface area (Å²) >= 11 is 11.2. The molecule has 2 rings (SSSR count). The first kappa shape index (κ1) is 14.5. The lowest BCUT2D eigenvalue weighted by molar-refractivity contribution is 0.531. The summed E-state index contributed by atoms with van der Waals surface area (Å²) in [5, 5.41) is -0.682. The van der Waals surface area contributed by atoms with Crippen LogP contribution in [0, 0.1) is 23.3 Å². The van der Waals surface area contributed by atoms with Gasteiger partial charge in [-0.2, -0.15) is 0 Å². The van der Waals surface area contributed by atoms with Crippen molar-refractivity contribution in [3.05, 3.63) is 57.6 Å². The predicted octanol–water partition coefficient (Wildman–Crippen LogP) is 5.70. The van der Waals surface area contributed by atoms with Gasteiger partial charge in [-0.05, 0) is 24.3 Å². The lowest BCUT2D eigenvalue weighted by Gasteiger charge is -2.08. The van der Waals surface area contributed by atoms with Gasteiger partial charge in [0.1, 0.15) is 11.6 Å². The molecule has 0 heterocycles. The van der Waals surface area contributed by atoms with E-state index in [2.05, 4.69) is 0 Å². The van der Waals surface area contributed by atoms with Gasteiger partial charge in [-0.3, -0.25) is 0 Å². The molecule has 0 radical (unpaired) electrons. The molecular formula is C12H4Cl2F4S. The molecule has 0 saturated heterocycles. The quantitative estimate of drug-likeness (QED) is 0.503. The highest BCUT2D eigenvalue weighted by molar-refractivity contribution is 7.99. The van der Waals surface area contributed by atoms with Crippen molar-refractivity contribution in [1.29, 1.82) is 0 Å². The maximum Gasteiger partial charge on any atom is 0.158 e. The van der Waals surface area contributed by atoms with Crippen LogP contribution >= 0.6 is 35.0 Å². The van der Waals surface area contributed by atoms with Gasteiger partial charge in [-0.15, -0.1) is 0 Å². The van der Waals surface area contributed by atoms with E-state index >= 15 is 0 Å². The third kappa shape index (κ3) is 2.83. The minimum atomic E-state index is -1.08. The van der Waals surface area contributed by atoms with Crippen LogP contribution in [0.5, 0.6) is 0 Å². The Labute approximate surface area is 120 Å². The second-order valence-corrected chi connectivity index (χ2v) is 5.28. The zero-order valence-corrected chi connectivity index (χ0v) is 11.3. The molecular weight excluding hydrogens is 323 g/mol. The van der Waals surface area contributed by atoms with Crippen LogP contribution in [0.2, 0.25) is 10.0 Å². The van der Waals surface area contributed by atoms with Crippen LogP contribution in [0.15, 0.2) is 34.1 Å². The van der Waals surface area contributed by atoms with Crippen molar-refractivity contribution in [3.8, 4) is 0 Å². The van der Waals surface area contributed by atoms with Gasteiger partial charge >= 0.3 is 0 Å². The highest BCUT2D eigenvalue weighted by Gasteiger charge is 2.20. The van der Waals surface area contributed by atoms with E-state index in [-0.39, 0.29) is 21.8 Å². The van der Waals surface area contributed by atoms with Crippen LogP contribution in [0.3, 0.4) is 0 Å². The molecule has 0 bridgehead atoms. The molecule has 0 aliphatic heterocycles. The van der Waals surface area contributed by atoms with Gasteiger partial charge in [0.05, 0.1) is 19.8 Å². The molecule has 0 atom stereocenters. The van der Waals surface area contributed by atoms with E-state index in [0.29, 0.717) is 0 Å². The lowest BCUT2D eigenvalue weighted by atomic mass is 10.3. The van der Waals surface area contributed by atoms with Crippen molar-refractivity contribution in [2.75, 3.05) is 0 Å². The highest BCUT2D eigenvalue weighted by Crippen LogP contribution is 2.38. The number of halogens is 6. The standard InChI is InChI=1S/C12H4Cl2F4S/c13-5-1-3-7(15)11(9(5)17)19-12-8(16)4-2-6(14)10(12)18/h1-4H. The molecule has 0 aliphatic carbocycles. The Balaban J connectivity index is 2.54. The van der Waals surface area contributed by atoms with Crippen molar-refractivity contribution in [3.63, 3.8) is 0 Å². The topological polar surface area (TPSA) is 0 Å². The summed E-state index contributed by atoms with van der Waals surface area (Å²) in [5.41, 5.74) is 0. The van der Waals surface area contributed by atoms with Gasteiger partial charge in [0.15, 0.2) is 11.6 Å². The van der Waals surface area contributed by atoms with E-state index in [1.807, 2.05) is 0 Å². The average molecular weight is 327 g/mol. The number of benzene rings is 2. The average Bonchev–Trinajstić information content (AvgIpc) is 2.38. The van der Waals surface area contributed by atoms with Gasteiger partial charge < -0.3 is 0 Å². The molecule has 2 aromatic carbocycles. The van der Waals surface area contributed by atoms with Crippen LogP contribution < -0.4 is 0 Å². The van der Waals surface area contributed by atoms with E-state index in [9.17, 15) is 17.6 Å². The number of hydrogen-bond donors (Lipinski definition) is 0. The zero-order chi connectivity index (χ0) is 14.2. The van der Waals surface area contributed by atoms with Crippen molar-refractivity contribution < 1.29 is 17.6 Å². The predicted molar refractivity (Wildman–Crippen MR) is 66.9 cm³/mol. The fraction of sp³-hybridized carbons (Fsp3) is 0. The van der Waals surface area contributed by atoms with Crippen molar-refractivity contribution in [1.82, 2.24) is 0 Å². The smallest absolute Gasteiger partial charge is 0.158 e. The molecule has 0 saturated carbocycles. The Hall–Kier alpha value is -0.910. The van der Waals surface area contributed by atoms with Gasteiger partial charge in [0.25, 0.3) is 0 Å². The summed E-state index contributed by atoms with van der Waals surface area (Å²) in [6.07, 6.45) is 0. The molecule has 0 fully saturated rings. The van der Waals surface area contributed by atoms with Gasteiger partial charge in [-0.25, -0.2) is 17.6 Å². The van der Waals surface area contributed by atoms with E-state index in [1.54, 1.807) is 0 Å². The van der Waals surface area contributed by atoms with Crippen molar-refractivity contribution >= 4 is 35.0 Å². The summed E-state index contributed by atoms with van der Waals surface area (Å²) in [6.45, 7) is 0. The Kier molecular flexibility index (Phi) is 4.28. The first-order valence-electron chi connectivity index (χ1n) is 4.86. The SMILES string of the molecule is Fc1ccc(Cl)c(F)c1Sc1c(F)ccc(Cl)c1F. The highest BCUT2D eigenvalue weighted by atomic mass is 35.5. The summed E-state index contributed by atoms with van der Waals surface area (Å²) in [7, 11) is 0. The number of hydrogen-bond acceptors (Lipinski definition) is 1. The Morgan fingerprint density at radius 2 is 1.05 bits per heavy atom. The first-order valence-corrected chi connectivity index (χ1v) is 6.44. The van der Waals surface area contributed by atoms with E-state index in [4.69, 9.17) is 23.2 Å². The van der Waals surface area contributed by atoms with Gasteiger partial charge in [-0.1, -0.05) is 35.0 Å². The summed E-state index contributed by atoms with van der Waals surface area (Å²) in [4.78, 5) is -1.18. The molecule has 0 aliphatic rings. The molecule has 0 amide bonds. The molecule has 7 heteroatoms. The van der Waals surface area contributed by atoms with Gasteiger partial charge in [0, 0.05) is 0 Å². The lowest BCUT2D eigenvalue weighted by Crippen LogP contribution is -1.93. The second-order valence-electron chi connectivity index (χ2n) is 3.45. The monoisotopic (exact) mass is 326 g/mol. The largest absolute Gasteiger partial charge is 0.206 e. The maximum atomic E-state index is 13.6. The van der Waals surface area contributed by atoms with Crippen LogP contribution in [0.4, 0.5) is 17.6 Å². The molecule has 0 unspecified atom stereocenters. The Bertz CT molecular complexity index is 591. The maximum absolute atomic E-state index is 13.6. The molecule has 0 spiro atoms. The number of rotatable bonds is 2. The normalized spacial score (nSPS) is 10.8. The van der Waals surface area contributed by atoms with Crippen LogP contribution in [0.25, 0.3) is 0 Å². The summed E-state index contributed by atoms with van der Waals surface area (Å²) in [5.74, 6) is -4.09. The molecule has 0 nitrogen and oxygen atoms in total. The summed E-state index contributed by atoms with van der Waals surface area (Å²) in [6, 6.07) is 3.85. The third-order valence-corrected chi connectivity index (χ3v) is 3.95. The fourth-order valence-electron chi connectivity index (χ4n) is 1.31. The minimum absolute atomic E-state index is 0.254. The zero-order valence-electron chi connectivity index (χ0n) is 8.99.